The monoisotopic (exact) mass is 188 g/mol. The maximum atomic E-state index is 6.12. The van der Waals surface area contributed by atoms with Crippen molar-refractivity contribution < 1.29 is 0 Å². The number of benzene rings is 1. The van der Waals surface area contributed by atoms with Crippen LogP contribution in [0, 0.1) is 0 Å². The van der Waals surface area contributed by atoms with Crippen molar-refractivity contribution in [3.63, 3.8) is 0 Å². The molecule has 2 N–H and O–H groups in total. The number of hydrogen-bond donors (Lipinski definition) is 1. The summed E-state index contributed by atoms with van der Waals surface area (Å²) in [6.07, 6.45) is 2.12. The highest BCUT2D eigenvalue weighted by atomic mass is 14.9. The van der Waals surface area contributed by atoms with E-state index in [1.54, 1.807) is 0 Å². The zero-order valence-corrected chi connectivity index (χ0v) is 8.91. The standard InChI is InChI=1S/C12H16N2/c1-12(2,13)10-8-14(3)11-7-5-4-6-9(10)11/h4-8H,13H2,1-3H3. The zero-order valence-electron chi connectivity index (χ0n) is 8.91. The van der Waals surface area contributed by atoms with E-state index < -0.39 is 0 Å². The lowest BCUT2D eigenvalue weighted by Gasteiger charge is -2.17. The Hall–Kier alpha value is -1.28. The molecule has 0 aliphatic heterocycles. The third-order valence-corrected chi connectivity index (χ3v) is 2.59. The van der Waals surface area contributed by atoms with Gasteiger partial charge in [-0.25, -0.2) is 0 Å². The van der Waals surface area contributed by atoms with E-state index in [0.29, 0.717) is 0 Å². The molecule has 0 atom stereocenters. The van der Waals surface area contributed by atoms with Crippen LogP contribution in [0.4, 0.5) is 0 Å². The molecule has 2 aromatic rings. The minimum absolute atomic E-state index is 0.277. The van der Waals surface area contributed by atoms with E-state index in [-0.39, 0.29) is 5.54 Å². The van der Waals surface area contributed by atoms with Gasteiger partial charge in [-0.3, -0.25) is 0 Å². The van der Waals surface area contributed by atoms with E-state index in [9.17, 15) is 0 Å². The second kappa shape index (κ2) is 2.85. The summed E-state index contributed by atoms with van der Waals surface area (Å²) in [6.45, 7) is 4.07. The van der Waals surface area contributed by atoms with Gasteiger partial charge in [0, 0.05) is 29.7 Å². The van der Waals surface area contributed by atoms with E-state index in [1.807, 2.05) is 13.8 Å². The van der Waals surface area contributed by atoms with Gasteiger partial charge in [0.05, 0.1) is 0 Å². The number of para-hydroxylation sites is 1. The van der Waals surface area contributed by atoms with Crippen molar-refractivity contribution in [2.75, 3.05) is 0 Å². The molecule has 74 valence electrons. The van der Waals surface area contributed by atoms with Crippen molar-refractivity contribution in [3.8, 4) is 0 Å². The average Bonchev–Trinajstić information content (AvgIpc) is 2.44. The molecule has 1 heterocycles. The van der Waals surface area contributed by atoms with Gasteiger partial charge in [0.15, 0.2) is 0 Å². The Bertz CT molecular complexity index is 461. The van der Waals surface area contributed by atoms with Gasteiger partial charge >= 0.3 is 0 Å². The molecule has 0 aliphatic carbocycles. The number of rotatable bonds is 1. The molecular weight excluding hydrogens is 172 g/mol. The van der Waals surface area contributed by atoms with Gasteiger partial charge in [-0.15, -0.1) is 0 Å². The van der Waals surface area contributed by atoms with Crippen LogP contribution in [0.3, 0.4) is 0 Å². The van der Waals surface area contributed by atoms with E-state index in [0.717, 1.165) is 0 Å². The third kappa shape index (κ3) is 1.32. The quantitative estimate of drug-likeness (QED) is 0.731. The molecular formula is C12H16N2. The van der Waals surface area contributed by atoms with Crippen molar-refractivity contribution in [2.24, 2.45) is 12.8 Å². The predicted molar refractivity (Wildman–Crippen MR) is 60.1 cm³/mol. The van der Waals surface area contributed by atoms with E-state index in [2.05, 4.69) is 42.1 Å². The topological polar surface area (TPSA) is 30.9 Å². The summed E-state index contributed by atoms with van der Waals surface area (Å²) in [7, 11) is 2.05. The molecule has 0 unspecified atom stereocenters. The number of nitrogens with zero attached hydrogens (tertiary/aromatic N) is 1. The molecule has 2 heteroatoms. The van der Waals surface area contributed by atoms with Gasteiger partial charge in [0.25, 0.3) is 0 Å². The lowest BCUT2D eigenvalue weighted by Crippen LogP contribution is -2.28. The second-order valence-corrected chi connectivity index (χ2v) is 4.39. The van der Waals surface area contributed by atoms with Crippen LogP contribution in [0.5, 0.6) is 0 Å². The van der Waals surface area contributed by atoms with Crippen LogP contribution in [0.2, 0.25) is 0 Å². The summed E-state index contributed by atoms with van der Waals surface area (Å²) in [5.74, 6) is 0. The van der Waals surface area contributed by atoms with Gasteiger partial charge in [0.2, 0.25) is 0 Å². The number of fused-ring (bicyclic) bond motifs is 1. The van der Waals surface area contributed by atoms with Gasteiger partial charge < -0.3 is 10.3 Å². The van der Waals surface area contributed by atoms with Gasteiger partial charge in [0.1, 0.15) is 0 Å². The molecule has 0 saturated carbocycles. The summed E-state index contributed by atoms with van der Waals surface area (Å²) in [4.78, 5) is 0. The fourth-order valence-corrected chi connectivity index (χ4v) is 1.86. The van der Waals surface area contributed by atoms with Crippen LogP contribution in [0.1, 0.15) is 19.4 Å². The first-order valence-electron chi connectivity index (χ1n) is 4.83. The van der Waals surface area contributed by atoms with E-state index >= 15 is 0 Å². The van der Waals surface area contributed by atoms with Gasteiger partial charge in [-0.2, -0.15) is 0 Å². The summed E-state index contributed by atoms with van der Waals surface area (Å²) in [6, 6.07) is 8.34. The fourth-order valence-electron chi connectivity index (χ4n) is 1.86. The SMILES string of the molecule is Cn1cc(C(C)(C)N)c2ccccc21. The highest BCUT2D eigenvalue weighted by Crippen LogP contribution is 2.27. The highest BCUT2D eigenvalue weighted by molar-refractivity contribution is 5.84. The first-order valence-corrected chi connectivity index (χ1v) is 4.83. The van der Waals surface area contributed by atoms with Crippen molar-refractivity contribution in [2.45, 2.75) is 19.4 Å². The van der Waals surface area contributed by atoms with Crippen LogP contribution in [-0.2, 0) is 12.6 Å². The number of hydrogen-bond acceptors (Lipinski definition) is 1. The number of nitrogens with two attached hydrogens (primary N) is 1. The third-order valence-electron chi connectivity index (χ3n) is 2.59. The Morgan fingerprint density at radius 2 is 1.86 bits per heavy atom. The minimum atomic E-state index is -0.277. The number of aryl methyl sites for hydroxylation is 1. The summed E-state index contributed by atoms with van der Waals surface area (Å²) >= 11 is 0. The van der Waals surface area contributed by atoms with E-state index in [4.69, 9.17) is 5.73 Å². The van der Waals surface area contributed by atoms with Crippen LogP contribution in [0.25, 0.3) is 10.9 Å². The van der Waals surface area contributed by atoms with Crippen molar-refractivity contribution >= 4 is 10.9 Å². The first-order chi connectivity index (χ1) is 6.50. The van der Waals surface area contributed by atoms with Crippen LogP contribution >= 0.6 is 0 Å². The molecule has 0 spiro atoms. The molecule has 0 radical (unpaired) electrons. The Labute approximate surface area is 84.3 Å². The number of aromatic nitrogens is 1. The first kappa shape index (κ1) is 9.28. The maximum Gasteiger partial charge on any atom is 0.0481 e. The van der Waals surface area contributed by atoms with Crippen LogP contribution in [-0.4, -0.2) is 4.57 Å². The Morgan fingerprint density at radius 3 is 2.50 bits per heavy atom. The van der Waals surface area contributed by atoms with Crippen LogP contribution in [0.15, 0.2) is 30.5 Å². The molecule has 14 heavy (non-hydrogen) atoms. The van der Waals surface area contributed by atoms with E-state index in [1.165, 1.54) is 16.5 Å². The molecule has 1 aromatic carbocycles. The fraction of sp³-hybridized carbons (Fsp3) is 0.333. The summed E-state index contributed by atoms with van der Waals surface area (Å²) in [5.41, 5.74) is 8.29. The Morgan fingerprint density at radius 1 is 1.21 bits per heavy atom. The van der Waals surface area contributed by atoms with Gasteiger partial charge in [-0.05, 0) is 25.5 Å². The molecule has 0 amide bonds. The lowest BCUT2D eigenvalue weighted by atomic mass is 9.95. The van der Waals surface area contributed by atoms with Crippen molar-refractivity contribution in [1.82, 2.24) is 4.57 Å². The van der Waals surface area contributed by atoms with Crippen molar-refractivity contribution in [3.05, 3.63) is 36.0 Å². The van der Waals surface area contributed by atoms with Crippen LogP contribution < -0.4 is 5.73 Å². The smallest absolute Gasteiger partial charge is 0.0481 e. The maximum absolute atomic E-state index is 6.12. The largest absolute Gasteiger partial charge is 0.350 e. The molecule has 2 rings (SSSR count). The summed E-state index contributed by atoms with van der Waals surface area (Å²) in [5, 5.41) is 1.25. The Balaban J connectivity index is 2.80. The normalized spacial score (nSPS) is 12.3. The highest BCUT2D eigenvalue weighted by Gasteiger charge is 2.19. The second-order valence-electron chi connectivity index (χ2n) is 4.39. The lowest BCUT2D eigenvalue weighted by molar-refractivity contribution is 0.557. The molecule has 0 fully saturated rings. The Kier molecular flexibility index (Phi) is 1.89. The molecule has 2 nitrogen and oxygen atoms in total. The summed E-state index contributed by atoms with van der Waals surface area (Å²) < 4.78 is 2.12. The molecule has 0 bridgehead atoms. The molecule has 1 aromatic heterocycles. The zero-order chi connectivity index (χ0) is 10.3. The molecule has 0 saturated heterocycles. The predicted octanol–water partition coefficient (Wildman–Crippen LogP) is 2.37. The van der Waals surface area contributed by atoms with Gasteiger partial charge in [-0.1, -0.05) is 18.2 Å². The average molecular weight is 188 g/mol. The minimum Gasteiger partial charge on any atom is -0.350 e. The molecule has 0 aliphatic rings. The van der Waals surface area contributed by atoms with Crippen molar-refractivity contribution in [1.29, 1.82) is 0 Å².